The van der Waals surface area contributed by atoms with E-state index in [9.17, 15) is 13.2 Å². The zero-order valence-corrected chi connectivity index (χ0v) is 10.2. The number of alkyl halides is 3. The van der Waals surface area contributed by atoms with E-state index >= 15 is 0 Å². The molecule has 1 aliphatic rings. The summed E-state index contributed by atoms with van der Waals surface area (Å²) in [6, 6.07) is 0. The molecular weight excluding hydrogens is 259 g/mol. The molecule has 0 saturated carbocycles. The van der Waals surface area contributed by atoms with Gasteiger partial charge in [-0.1, -0.05) is 18.7 Å². The van der Waals surface area contributed by atoms with Crippen LogP contribution in [0.2, 0.25) is 0 Å². The van der Waals surface area contributed by atoms with Crippen LogP contribution in [-0.2, 0) is 4.74 Å². The SMILES string of the molecule is C=C/C(=C\C=C\CO)OC1=NC=C(C(F)(F)F)CC1. The Balaban J connectivity index is 2.71. The van der Waals surface area contributed by atoms with Gasteiger partial charge in [-0.2, -0.15) is 13.2 Å². The Morgan fingerprint density at radius 2 is 2.21 bits per heavy atom. The molecule has 0 aromatic heterocycles. The number of rotatable bonds is 4. The molecule has 6 heteroatoms. The molecule has 0 aliphatic carbocycles. The first-order valence-corrected chi connectivity index (χ1v) is 5.58. The van der Waals surface area contributed by atoms with Crippen LogP contribution >= 0.6 is 0 Å². The van der Waals surface area contributed by atoms with Gasteiger partial charge in [0.15, 0.2) is 5.90 Å². The number of halogens is 3. The van der Waals surface area contributed by atoms with Crippen molar-refractivity contribution in [1.29, 1.82) is 0 Å². The Kier molecular flexibility index (Phi) is 5.57. The van der Waals surface area contributed by atoms with Gasteiger partial charge in [0, 0.05) is 12.6 Å². The molecule has 0 aromatic carbocycles. The average molecular weight is 273 g/mol. The molecule has 104 valence electrons. The number of aliphatic hydroxyl groups is 1. The molecule has 1 N–H and O–H groups in total. The molecule has 0 aromatic rings. The van der Waals surface area contributed by atoms with Crippen molar-refractivity contribution in [3.63, 3.8) is 0 Å². The third-order valence-electron chi connectivity index (χ3n) is 2.28. The highest BCUT2D eigenvalue weighted by molar-refractivity contribution is 5.79. The van der Waals surface area contributed by atoms with E-state index in [1.54, 1.807) is 6.08 Å². The molecule has 0 radical (unpaired) electrons. The molecule has 0 atom stereocenters. The lowest BCUT2D eigenvalue weighted by atomic mass is 10.1. The number of ether oxygens (including phenoxy) is 1. The standard InChI is InChI=1S/C13H14F3NO2/c1-2-11(5-3-4-8-18)19-12-7-6-10(9-17-12)13(14,15)16/h2-5,9,18H,1,6-8H2/b4-3+,11-5+. The maximum Gasteiger partial charge on any atom is 0.414 e. The van der Waals surface area contributed by atoms with Crippen LogP contribution in [0.3, 0.4) is 0 Å². The smallest absolute Gasteiger partial charge is 0.414 e. The van der Waals surface area contributed by atoms with Crippen LogP contribution in [0.5, 0.6) is 0 Å². The Morgan fingerprint density at radius 1 is 1.47 bits per heavy atom. The van der Waals surface area contributed by atoms with Gasteiger partial charge in [0.25, 0.3) is 0 Å². The van der Waals surface area contributed by atoms with E-state index < -0.39 is 11.7 Å². The van der Waals surface area contributed by atoms with Crippen molar-refractivity contribution in [3.8, 4) is 0 Å². The van der Waals surface area contributed by atoms with Gasteiger partial charge < -0.3 is 9.84 Å². The fraction of sp³-hybridized carbons (Fsp3) is 0.308. The van der Waals surface area contributed by atoms with E-state index in [0.717, 1.165) is 6.20 Å². The van der Waals surface area contributed by atoms with Gasteiger partial charge in [-0.3, -0.25) is 0 Å². The van der Waals surface area contributed by atoms with Gasteiger partial charge in [0.2, 0.25) is 0 Å². The van der Waals surface area contributed by atoms with E-state index in [0.29, 0.717) is 5.76 Å². The molecule has 0 unspecified atom stereocenters. The highest BCUT2D eigenvalue weighted by Crippen LogP contribution is 2.31. The van der Waals surface area contributed by atoms with Crippen molar-refractivity contribution in [2.24, 2.45) is 4.99 Å². The lowest BCUT2D eigenvalue weighted by Gasteiger charge is -2.16. The van der Waals surface area contributed by atoms with Crippen LogP contribution < -0.4 is 0 Å². The van der Waals surface area contributed by atoms with Crippen molar-refractivity contribution in [2.75, 3.05) is 6.61 Å². The van der Waals surface area contributed by atoms with Crippen molar-refractivity contribution in [2.45, 2.75) is 19.0 Å². The van der Waals surface area contributed by atoms with Crippen LogP contribution in [0.15, 0.2) is 53.4 Å². The highest BCUT2D eigenvalue weighted by Gasteiger charge is 2.34. The number of allylic oxidation sites excluding steroid dienone is 4. The molecule has 0 fully saturated rings. The molecule has 1 heterocycles. The molecule has 0 spiro atoms. The molecule has 0 amide bonds. The minimum Gasteiger partial charge on any atom is -0.443 e. The van der Waals surface area contributed by atoms with Gasteiger partial charge in [-0.15, -0.1) is 0 Å². The van der Waals surface area contributed by atoms with Gasteiger partial charge in [0.05, 0.1) is 12.2 Å². The third kappa shape index (κ3) is 5.13. The fourth-order valence-electron chi connectivity index (χ4n) is 1.32. The minimum atomic E-state index is -4.34. The normalized spacial score (nSPS) is 17.2. The maximum atomic E-state index is 12.4. The second-order valence-corrected chi connectivity index (χ2v) is 3.66. The summed E-state index contributed by atoms with van der Waals surface area (Å²) in [5.41, 5.74) is -0.663. The minimum absolute atomic E-state index is 0.0836. The summed E-state index contributed by atoms with van der Waals surface area (Å²) >= 11 is 0. The lowest BCUT2D eigenvalue weighted by molar-refractivity contribution is -0.0942. The number of nitrogens with zero attached hydrogens (tertiary/aromatic N) is 1. The second kappa shape index (κ2) is 6.94. The molecule has 3 nitrogen and oxygen atoms in total. The van der Waals surface area contributed by atoms with E-state index in [-0.39, 0.29) is 25.3 Å². The predicted octanol–water partition coefficient (Wildman–Crippen LogP) is 3.26. The first-order valence-electron chi connectivity index (χ1n) is 5.58. The van der Waals surface area contributed by atoms with Crippen LogP contribution in [-0.4, -0.2) is 23.8 Å². The van der Waals surface area contributed by atoms with Gasteiger partial charge in [-0.25, -0.2) is 4.99 Å². The zero-order chi connectivity index (χ0) is 14.3. The number of aliphatic hydroxyl groups excluding tert-OH is 1. The Bertz CT molecular complexity index is 445. The fourth-order valence-corrected chi connectivity index (χ4v) is 1.32. The summed E-state index contributed by atoms with van der Waals surface area (Å²) in [6.07, 6.45) is 2.36. The Hall–Kier alpha value is -1.82. The molecule has 1 aliphatic heterocycles. The Labute approximate surface area is 109 Å². The number of aliphatic imine (C=N–C) groups is 1. The van der Waals surface area contributed by atoms with Gasteiger partial charge >= 0.3 is 6.18 Å². The van der Waals surface area contributed by atoms with Gasteiger partial charge in [0.1, 0.15) is 5.76 Å². The van der Waals surface area contributed by atoms with Crippen LogP contribution in [0, 0.1) is 0 Å². The molecule has 1 rings (SSSR count). The van der Waals surface area contributed by atoms with Gasteiger partial charge in [-0.05, 0) is 18.6 Å². The number of hydrogen-bond donors (Lipinski definition) is 1. The first-order chi connectivity index (χ1) is 8.97. The lowest BCUT2D eigenvalue weighted by Crippen LogP contribution is -2.17. The van der Waals surface area contributed by atoms with Crippen molar-refractivity contribution in [3.05, 3.63) is 48.4 Å². The predicted molar refractivity (Wildman–Crippen MR) is 66.4 cm³/mol. The molecule has 0 saturated heterocycles. The summed E-state index contributed by atoms with van der Waals surface area (Å²) in [4.78, 5) is 3.64. The van der Waals surface area contributed by atoms with Crippen molar-refractivity contribution >= 4 is 5.90 Å². The quantitative estimate of drug-likeness (QED) is 0.631. The van der Waals surface area contributed by atoms with E-state index in [1.165, 1.54) is 18.2 Å². The van der Waals surface area contributed by atoms with E-state index in [1.807, 2.05) is 0 Å². The molecular formula is C13H14F3NO2. The van der Waals surface area contributed by atoms with Crippen LogP contribution in [0.1, 0.15) is 12.8 Å². The molecule has 0 bridgehead atoms. The summed E-state index contributed by atoms with van der Waals surface area (Å²) in [5.74, 6) is 0.559. The summed E-state index contributed by atoms with van der Waals surface area (Å²) in [7, 11) is 0. The van der Waals surface area contributed by atoms with E-state index in [2.05, 4.69) is 11.6 Å². The van der Waals surface area contributed by atoms with Crippen molar-refractivity contribution in [1.82, 2.24) is 0 Å². The number of hydrogen-bond acceptors (Lipinski definition) is 3. The highest BCUT2D eigenvalue weighted by atomic mass is 19.4. The van der Waals surface area contributed by atoms with Crippen LogP contribution in [0.25, 0.3) is 0 Å². The second-order valence-electron chi connectivity index (χ2n) is 3.66. The summed E-state index contributed by atoms with van der Waals surface area (Å²) in [6.45, 7) is 3.41. The topological polar surface area (TPSA) is 41.8 Å². The Morgan fingerprint density at radius 3 is 2.68 bits per heavy atom. The first kappa shape index (κ1) is 15.2. The maximum absolute atomic E-state index is 12.4. The summed E-state index contributed by atoms with van der Waals surface area (Å²) in [5, 5.41) is 8.56. The monoisotopic (exact) mass is 273 g/mol. The van der Waals surface area contributed by atoms with E-state index in [4.69, 9.17) is 9.84 Å². The zero-order valence-electron chi connectivity index (χ0n) is 10.2. The van der Waals surface area contributed by atoms with Crippen LogP contribution in [0.4, 0.5) is 13.2 Å². The summed E-state index contributed by atoms with van der Waals surface area (Å²) < 4.78 is 42.4. The molecule has 19 heavy (non-hydrogen) atoms. The largest absolute Gasteiger partial charge is 0.443 e. The van der Waals surface area contributed by atoms with Crippen molar-refractivity contribution < 1.29 is 23.0 Å². The average Bonchev–Trinajstić information content (AvgIpc) is 2.37. The third-order valence-corrected chi connectivity index (χ3v) is 2.28.